The van der Waals surface area contributed by atoms with Crippen LogP contribution in [0.4, 0.5) is 10.5 Å². The summed E-state index contributed by atoms with van der Waals surface area (Å²) >= 11 is 4.85. The number of carbonyl (C=O) groups is 3. The first kappa shape index (κ1) is 41.7. The standard InChI is InChI=1S/C45H50N6O6S2/c1-43(2,3)57-42(54)49-45(58,36-9-6-5-7-10-36)41(53)51-24-8-23-44(51,4)40-46-29-38(48-40)34-17-13-32(14-18-34)33-15-19-35(20-16-33)39(52)47-37-21-11-31(12-22-37)30-50-25-27-59(55,56)28-26-50/h5-7,9-22,29,58H,8,23-28,30H2,1-4H3,(H,46,48)(H,47,52)(H,49,54). The van der Waals surface area contributed by atoms with Gasteiger partial charge in [0.05, 0.1) is 28.9 Å². The molecule has 2 unspecified atom stereocenters. The zero-order chi connectivity index (χ0) is 42.0. The van der Waals surface area contributed by atoms with Gasteiger partial charge in [-0.2, -0.15) is 0 Å². The van der Waals surface area contributed by atoms with E-state index in [1.54, 1.807) is 68.3 Å². The van der Waals surface area contributed by atoms with E-state index in [2.05, 4.69) is 20.5 Å². The fourth-order valence-electron chi connectivity index (χ4n) is 7.57. The highest BCUT2D eigenvalue weighted by Crippen LogP contribution is 2.42. The molecule has 4 aromatic carbocycles. The van der Waals surface area contributed by atoms with Crippen LogP contribution in [0, 0.1) is 0 Å². The molecule has 0 radical (unpaired) electrons. The number of aromatic amines is 1. The van der Waals surface area contributed by atoms with Gasteiger partial charge in [0.15, 0.2) is 14.7 Å². The summed E-state index contributed by atoms with van der Waals surface area (Å²) in [5.74, 6) is 0.411. The average molecular weight is 835 g/mol. The van der Waals surface area contributed by atoms with Crippen LogP contribution in [0.15, 0.2) is 109 Å². The van der Waals surface area contributed by atoms with E-state index in [1.807, 2.05) is 73.7 Å². The molecule has 3 heterocycles. The lowest BCUT2D eigenvalue weighted by Gasteiger charge is -2.40. The van der Waals surface area contributed by atoms with Crippen molar-refractivity contribution in [2.75, 3.05) is 36.5 Å². The molecule has 3 N–H and O–H groups in total. The summed E-state index contributed by atoms with van der Waals surface area (Å²) in [5, 5.41) is 5.72. The lowest BCUT2D eigenvalue weighted by Crippen LogP contribution is -2.57. The Morgan fingerprint density at radius 3 is 2.08 bits per heavy atom. The van der Waals surface area contributed by atoms with E-state index in [4.69, 9.17) is 22.3 Å². The Labute approximate surface area is 351 Å². The first-order valence-electron chi connectivity index (χ1n) is 19.7. The molecule has 2 atom stereocenters. The van der Waals surface area contributed by atoms with Crippen LogP contribution in [0.1, 0.15) is 67.8 Å². The largest absolute Gasteiger partial charge is 0.444 e. The van der Waals surface area contributed by atoms with Crippen molar-refractivity contribution >= 4 is 46.1 Å². The third-order valence-corrected chi connectivity index (χ3v) is 13.1. The molecule has 2 fully saturated rings. The fraction of sp³-hybridized carbons (Fsp3) is 0.333. The van der Waals surface area contributed by atoms with Crippen molar-refractivity contribution in [2.24, 2.45) is 0 Å². The van der Waals surface area contributed by atoms with Gasteiger partial charge in [0.2, 0.25) is 0 Å². The molecule has 0 saturated carbocycles. The Morgan fingerprint density at radius 2 is 1.46 bits per heavy atom. The van der Waals surface area contributed by atoms with Crippen LogP contribution in [0.3, 0.4) is 0 Å². The number of benzene rings is 4. The highest BCUT2D eigenvalue weighted by molar-refractivity contribution is 7.91. The molecule has 2 aliphatic rings. The number of hydrogen-bond donors (Lipinski definition) is 4. The fourth-order valence-corrected chi connectivity index (χ4v) is 9.21. The number of alkyl carbamates (subject to hydrolysis) is 1. The number of aromatic nitrogens is 2. The van der Waals surface area contributed by atoms with Crippen molar-refractivity contribution in [2.45, 2.75) is 63.1 Å². The highest BCUT2D eigenvalue weighted by atomic mass is 32.2. The van der Waals surface area contributed by atoms with Crippen LogP contribution >= 0.6 is 12.6 Å². The summed E-state index contributed by atoms with van der Waals surface area (Å²) in [5.41, 5.74) is 4.85. The lowest BCUT2D eigenvalue weighted by molar-refractivity contribution is -0.139. The van der Waals surface area contributed by atoms with E-state index < -0.39 is 31.9 Å². The number of nitrogens with zero attached hydrogens (tertiary/aromatic N) is 3. The zero-order valence-electron chi connectivity index (χ0n) is 33.7. The molecular weight excluding hydrogens is 785 g/mol. The molecule has 5 aromatic rings. The lowest BCUT2D eigenvalue weighted by atomic mass is 9.96. The van der Waals surface area contributed by atoms with Crippen molar-refractivity contribution in [1.82, 2.24) is 25.1 Å². The van der Waals surface area contributed by atoms with Gasteiger partial charge in [-0.15, -0.1) is 12.6 Å². The predicted octanol–water partition coefficient (Wildman–Crippen LogP) is 7.37. The van der Waals surface area contributed by atoms with Gasteiger partial charge >= 0.3 is 6.09 Å². The number of nitrogens with one attached hydrogen (secondary N) is 3. The molecule has 2 saturated heterocycles. The van der Waals surface area contributed by atoms with Crippen LogP contribution in [-0.2, 0) is 36.3 Å². The summed E-state index contributed by atoms with van der Waals surface area (Å²) in [4.78, 5) is 51.1. The molecule has 3 amide bonds. The van der Waals surface area contributed by atoms with E-state index in [9.17, 15) is 22.8 Å². The van der Waals surface area contributed by atoms with Crippen LogP contribution in [0.5, 0.6) is 0 Å². The maximum Gasteiger partial charge on any atom is 0.409 e. The predicted molar refractivity (Wildman–Crippen MR) is 233 cm³/mol. The van der Waals surface area contributed by atoms with Crippen molar-refractivity contribution in [3.05, 3.63) is 132 Å². The van der Waals surface area contributed by atoms with Gasteiger partial charge in [0.25, 0.3) is 11.8 Å². The van der Waals surface area contributed by atoms with Crippen LogP contribution < -0.4 is 10.6 Å². The number of thiol groups is 1. The zero-order valence-corrected chi connectivity index (χ0v) is 35.4. The van der Waals surface area contributed by atoms with E-state index in [1.165, 1.54) is 0 Å². The van der Waals surface area contributed by atoms with E-state index in [0.29, 0.717) is 55.2 Å². The Bertz CT molecular complexity index is 2400. The van der Waals surface area contributed by atoms with Gasteiger partial charge in [0.1, 0.15) is 11.4 Å². The molecule has 2 aliphatic heterocycles. The van der Waals surface area contributed by atoms with Gasteiger partial charge < -0.3 is 19.9 Å². The second-order valence-electron chi connectivity index (χ2n) is 16.4. The van der Waals surface area contributed by atoms with E-state index >= 15 is 0 Å². The van der Waals surface area contributed by atoms with Crippen LogP contribution in [0.25, 0.3) is 22.4 Å². The minimum atomic E-state index is -2.92. The second kappa shape index (κ2) is 16.7. The van der Waals surface area contributed by atoms with Crippen molar-refractivity contribution < 1.29 is 27.5 Å². The average Bonchev–Trinajstić information content (AvgIpc) is 3.87. The van der Waals surface area contributed by atoms with Gasteiger partial charge in [-0.1, -0.05) is 78.9 Å². The monoisotopic (exact) mass is 834 g/mol. The highest BCUT2D eigenvalue weighted by Gasteiger charge is 2.51. The maximum atomic E-state index is 14.5. The Morgan fingerprint density at radius 1 is 0.847 bits per heavy atom. The molecular formula is C45H50N6O6S2. The summed E-state index contributed by atoms with van der Waals surface area (Å²) in [6.45, 7) is 9.45. The summed E-state index contributed by atoms with van der Waals surface area (Å²) < 4.78 is 29.0. The number of amides is 3. The first-order valence-corrected chi connectivity index (χ1v) is 22.0. The molecule has 12 nitrogen and oxygen atoms in total. The number of likely N-dealkylation sites (tertiary alicyclic amines) is 1. The summed E-state index contributed by atoms with van der Waals surface area (Å²) in [6.07, 6.45) is 2.42. The number of H-pyrrole nitrogens is 1. The number of ether oxygens (including phenoxy) is 1. The minimum absolute atomic E-state index is 0.191. The smallest absolute Gasteiger partial charge is 0.409 e. The third kappa shape index (κ3) is 9.56. The molecule has 1 aromatic heterocycles. The number of imidazole rings is 1. The number of sulfone groups is 1. The topological polar surface area (TPSA) is 154 Å². The Kier molecular flexibility index (Phi) is 11.8. The van der Waals surface area contributed by atoms with Gasteiger partial charge in [-0.3, -0.25) is 19.8 Å². The first-order chi connectivity index (χ1) is 28.0. The molecule has 7 rings (SSSR count). The Balaban J connectivity index is 0.997. The number of rotatable bonds is 10. The van der Waals surface area contributed by atoms with Crippen LogP contribution in [-0.4, -0.2) is 82.8 Å². The molecule has 0 bridgehead atoms. The molecule has 0 aliphatic carbocycles. The molecule has 14 heteroatoms. The van der Waals surface area contributed by atoms with E-state index in [-0.39, 0.29) is 23.3 Å². The minimum Gasteiger partial charge on any atom is -0.444 e. The number of carbonyl (C=O) groups excluding carboxylic acids is 3. The number of anilines is 1. The van der Waals surface area contributed by atoms with Crippen molar-refractivity contribution in [3.8, 4) is 22.4 Å². The Hall–Kier alpha value is -5.44. The normalized spacial score (nSPS) is 19.1. The molecule has 308 valence electrons. The summed E-state index contributed by atoms with van der Waals surface area (Å²) in [7, 11) is -2.92. The maximum absolute atomic E-state index is 14.5. The molecule has 0 spiro atoms. The van der Waals surface area contributed by atoms with Gasteiger partial charge in [-0.05, 0) is 92.6 Å². The van der Waals surface area contributed by atoms with Crippen LogP contribution in [0.2, 0.25) is 0 Å². The van der Waals surface area contributed by atoms with Crippen molar-refractivity contribution in [1.29, 1.82) is 0 Å². The third-order valence-electron chi connectivity index (χ3n) is 10.9. The summed E-state index contributed by atoms with van der Waals surface area (Å²) in [6, 6.07) is 32.0. The van der Waals surface area contributed by atoms with Gasteiger partial charge in [-0.25, -0.2) is 18.2 Å². The van der Waals surface area contributed by atoms with Crippen molar-refractivity contribution in [3.63, 3.8) is 0 Å². The van der Waals surface area contributed by atoms with E-state index in [0.717, 1.165) is 34.4 Å². The SMILES string of the molecule is CC(C)(C)OC(=O)NC(S)(C(=O)N1CCCC1(C)c1ncc(-c2ccc(-c3ccc(C(=O)Nc4ccc(CN5CCS(=O)(=O)CC5)cc4)cc3)cc2)[nH]1)c1ccccc1. The van der Waals surface area contributed by atoms with Gasteiger partial charge in [0, 0.05) is 37.4 Å². The number of hydrogen-bond acceptors (Lipinski definition) is 9. The second-order valence-corrected chi connectivity index (χ2v) is 19.4. The molecule has 59 heavy (non-hydrogen) atoms. The quantitative estimate of drug-likeness (QED) is 0.0841.